The second-order valence-electron chi connectivity index (χ2n) is 6.40. The summed E-state index contributed by atoms with van der Waals surface area (Å²) in [5.74, 6) is 0.630. The molecular formula is C18H29N. The van der Waals surface area contributed by atoms with Crippen molar-refractivity contribution in [3.05, 3.63) is 35.4 Å². The number of likely N-dealkylation sites (N-methyl/N-ethyl adjacent to an activating group) is 1. The van der Waals surface area contributed by atoms with E-state index >= 15 is 0 Å². The first-order valence-corrected chi connectivity index (χ1v) is 7.99. The van der Waals surface area contributed by atoms with E-state index in [-0.39, 0.29) is 0 Å². The van der Waals surface area contributed by atoms with Gasteiger partial charge in [0.1, 0.15) is 0 Å². The molecule has 1 aliphatic rings. The van der Waals surface area contributed by atoms with Crippen LogP contribution in [0.2, 0.25) is 0 Å². The molecule has 0 radical (unpaired) electrons. The lowest BCUT2D eigenvalue weighted by Gasteiger charge is -2.38. The van der Waals surface area contributed by atoms with Crippen LogP contribution in [0.4, 0.5) is 0 Å². The van der Waals surface area contributed by atoms with Crippen molar-refractivity contribution < 1.29 is 0 Å². The molecular weight excluding hydrogens is 230 g/mol. The van der Waals surface area contributed by atoms with Crippen molar-refractivity contribution in [3.8, 4) is 0 Å². The van der Waals surface area contributed by atoms with Gasteiger partial charge in [-0.25, -0.2) is 0 Å². The Labute approximate surface area is 118 Å². The maximum atomic E-state index is 3.59. The Bertz CT molecular complexity index is 371. The molecule has 0 spiro atoms. The van der Waals surface area contributed by atoms with Gasteiger partial charge in [-0.15, -0.1) is 0 Å². The maximum Gasteiger partial charge on any atom is 0.00777 e. The van der Waals surface area contributed by atoms with Crippen LogP contribution in [0.25, 0.3) is 0 Å². The van der Waals surface area contributed by atoms with Crippen LogP contribution >= 0.6 is 0 Å². The highest BCUT2D eigenvalue weighted by Crippen LogP contribution is 2.39. The Hall–Kier alpha value is -0.820. The fourth-order valence-corrected chi connectivity index (χ4v) is 3.38. The van der Waals surface area contributed by atoms with Gasteiger partial charge < -0.3 is 5.32 Å². The van der Waals surface area contributed by atoms with Crippen LogP contribution in [0.15, 0.2) is 24.3 Å². The van der Waals surface area contributed by atoms with Crippen molar-refractivity contribution in [3.63, 3.8) is 0 Å². The van der Waals surface area contributed by atoms with E-state index in [0.717, 1.165) is 13.1 Å². The summed E-state index contributed by atoms with van der Waals surface area (Å²) < 4.78 is 0. The molecule has 0 bridgehead atoms. The molecule has 19 heavy (non-hydrogen) atoms. The molecule has 0 aromatic heterocycles. The second kappa shape index (κ2) is 6.56. The summed E-state index contributed by atoms with van der Waals surface area (Å²) in [6, 6.07) is 9.45. The zero-order valence-corrected chi connectivity index (χ0v) is 12.8. The lowest BCUT2D eigenvalue weighted by atomic mass is 9.69. The van der Waals surface area contributed by atoms with Crippen LogP contribution in [0.3, 0.4) is 0 Å². The highest BCUT2D eigenvalue weighted by molar-refractivity contribution is 5.31. The third-order valence-electron chi connectivity index (χ3n) is 4.71. The molecule has 1 aromatic carbocycles. The predicted molar refractivity (Wildman–Crippen MR) is 83.8 cm³/mol. The molecule has 0 amide bonds. The Morgan fingerprint density at radius 2 is 1.68 bits per heavy atom. The minimum atomic E-state index is 0.393. The van der Waals surface area contributed by atoms with Gasteiger partial charge in [-0.05, 0) is 36.4 Å². The first kappa shape index (κ1) is 14.6. The van der Waals surface area contributed by atoms with Gasteiger partial charge in [-0.3, -0.25) is 0 Å². The number of hydrogen-bond donors (Lipinski definition) is 1. The SMILES string of the molecule is CCNCC1(c2ccc(C(C)C)cc2)CCCCC1. The van der Waals surface area contributed by atoms with Crippen LogP contribution in [0, 0.1) is 0 Å². The summed E-state index contributed by atoms with van der Waals surface area (Å²) in [5.41, 5.74) is 3.40. The predicted octanol–water partition coefficient (Wildman–Crippen LogP) is 4.62. The molecule has 1 nitrogen and oxygen atoms in total. The average Bonchev–Trinajstić information content (AvgIpc) is 2.46. The van der Waals surface area contributed by atoms with Gasteiger partial charge in [-0.1, -0.05) is 64.3 Å². The van der Waals surface area contributed by atoms with E-state index in [1.54, 1.807) is 5.56 Å². The van der Waals surface area contributed by atoms with Crippen molar-refractivity contribution in [2.24, 2.45) is 0 Å². The molecule has 0 heterocycles. The standard InChI is InChI=1S/C18H29N/c1-4-19-14-18(12-6-5-7-13-18)17-10-8-16(9-11-17)15(2)3/h8-11,15,19H,4-7,12-14H2,1-3H3. The lowest BCUT2D eigenvalue weighted by molar-refractivity contribution is 0.282. The Morgan fingerprint density at radius 3 is 2.21 bits per heavy atom. The summed E-state index contributed by atoms with van der Waals surface area (Å²) in [7, 11) is 0. The van der Waals surface area contributed by atoms with E-state index in [9.17, 15) is 0 Å². The number of nitrogens with one attached hydrogen (secondary N) is 1. The molecule has 1 aromatic rings. The number of benzene rings is 1. The Kier molecular flexibility index (Phi) is 5.04. The summed E-state index contributed by atoms with van der Waals surface area (Å²) in [5, 5.41) is 3.59. The first-order chi connectivity index (χ1) is 9.18. The minimum Gasteiger partial charge on any atom is -0.316 e. The van der Waals surface area contributed by atoms with Crippen molar-refractivity contribution in [2.45, 2.75) is 64.2 Å². The zero-order chi connectivity index (χ0) is 13.7. The maximum absolute atomic E-state index is 3.59. The van der Waals surface area contributed by atoms with Gasteiger partial charge in [0, 0.05) is 12.0 Å². The quantitative estimate of drug-likeness (QED) is 0.813. The normalized spacial score (nSPS) is 18.7. The topological polar surface area (TPSA) is 12.0 Å². The zero-order valence-electron chi connectivity index (χ0n) is 12.8. The largest absolute Gasteiger partial charge is 0.316 e. The molecule has 0 atom stereocenters. The molecule has 1 heteroatoms. The molecule has 1 saturated carbocycles. The second-order valence-corrected chi connectivity index (χ2v) is 6.40. The Balaban J connectivity index is 2.21. The van der Waals surface area contributed by atoms with Crippen LogP contribution < -0.4 is 5.32 Å². The minimum absolute atomic E-state index is 0.393. The fourth-order valence-electron chi connectivity index (χ4n) is 3.38. The third-order valence-corrected chi connectivity index (χ3v) is 4.71. The number of rotatable bonds is 5. The molecule has 0 unspecified atom stereocenters. The monoisotopic (exact) mass is 259 g/mol. The van der Waals surface area contributed by atoms with E-state index < -0.39 is 0 Å². The van der Waals surface area contributed by atoms with E-state index in [1.165, 1.54) is 37.7 Å². The smallest absolute Gasteiger partial charge is 0.00777 e. The van der Waals surface area contributed by atoms with Gasteiger partial charge in [-0.2, -0.15) is 0 Å². The highest BCUT2D eigenvalue weighted by Gasteiger charge is 2.33. The summed E-state index contributed by atoms with van der Waals surface area (Å²) >= 11 is 0. The average molecular weight is 259 g/mol. The van der Waals surface area contributed by atoms with Crippen LogP contribution in [-0.4, -0.2) is 13.1 Å². The van der Waals surface area contributed by atoms with E-state index in [4.69, 9.17) is 0 Å². The fraction of sp³-hybridized carbons (Fsp3) is 0.667. The van der Waals surface area contributed by atoms with Crippen LogP contribution in [-0.2, 0) is 5.41 Å². The molecule has 1 aliphatic carbocycles. The van der Waals surface area contributed by atoms with Gasteiger partial charge in [0.05, 0.1) is 0 Å². The van der Waals surface area contributed by atoms with Crippen molar-refractivity contribution >= 4 is 0 Å². The van der Waals surface area contributed by atoms with E-state index in [2.05, 4.69) is 50.4 Å². The molecule has 0 aliphatic heterocycles. The van der Waals surface area contributed by atoms with Gasteiger partial charge in [0.15, 0.2) is 0 Å². The van der Waals surface area contributed by atoms with Crippen molar-refractivity contribution in [1.82, 2.24) is 5.32 Å². The molecule has 106 valence electrons. The third kappa shape index (κ3) is 3.39. The summed E-state index contributed by atoms with van der Waals surface area (Å²) in [4.78, 5) is 0. The van der Waals surface area contributed by atoms with Gasteiger partial charge >= 0.3 is 0 Å². The van der Waals surface area contributed by atoms with Gasteiger partial charge in [0.25, 0.3) is 0 Å². The van der Waals surface area contributed by atoms with Crippen LogP contribution in [0.1, 0.15) is 69.9 Å². The van der Waals surface area contributed by atoms with Crippen molar-refractivity contribution in [1.29, 1.82) is 0 Å². The number of hydrogen-bond acceptors (Lipinski definition) is 1. The van der Waals surface area contributed by atoms with Crippen molar-refractivity contribution in [2.75, 3.05) is 13.1 Å². The van der Waals surface area contributed by atoms with Crippen LogP contribution in [0.5, 0.6) is 0 Å². The van der Waals surface area contributed by atoms with E-state index in [1.807, 2.05) is 0 Å². The molecule has 0 saturated heterocycles. The summed E-state index contributed by atoms with van der Waals surface area (Å²) in [6.07, 6.45) is 6.88. The van der Waals surface area contributed by atoms with E-state index in [0.29, 0.717) is 11.3 Å². The highest BCUT2D eigenvalue weighted by atomic mass is 14.9. The van der Waals surface area contributed by atoms with Gasteiger partial charge in [0.2, 0.25) is 0 Å². The Morgan fingerprint density at radius 1 is 1.05 bits per heavy atom. The molecule has 1 N–H and O–H groups in total. The molecule has 2 rings (SSSR count). The first-order valence-electron chi connectivity index (χ1n) is 7.99. The summed E-state index contributed by atoms with van der Waals surface area (Å²) in [6.45, 7) is 8.96. The lowest BCUT2D eigenvalue weighted by Crippen LogP contribution is -2.39. The molecule has 1 fully saturated rings.